The Morgan fingerprint density at radius 2 is 1.88 bits per heavy atom. The Balaban J connectivity index is 3.34. The molecular formula is C11H18N2O3S. The first-order chi connectivity index (χ1) is 7.93. The highest BCUT2D eigenvalue weighted by molar-refractivity contribution is 7.89. The molecule has 0 fully saturated rings. The molecular weight excluding hydrogens is 240 g/mol. The minimum absolute atomic E-state index is 0.0974. The third-order valence-corrected chi connectivity index (χ3v) is 3.49. The van der Waals surface area contributed by atoms with E-state index >= 15 is 0 Å². The number of benzene rings is 1. The summed E-state index contributed by atoms with van der Waals surface area (Å²) in [5.74, 6) is 0.640. The van der Waals surface area contributed by atoms with E-state index in [-0.39, 0.29) is 4.90 Å². The number of hydrogen-bond acceptors (Lipinski definition) is 4. The van der Waals surface area contributed by atoms with Gasteiger partial charge in [-0.25, -0.2) is 13.6 Å². The van der Waals surface area contributed by atoms with Crippen LogP contribution in [-0.2, 0) is 10.0 Å². The van der Waals surface area contributed by atoms with Gasteiger partial charge >= 0.3 is 0 Å². The topological polar surface area (TPSA) is 72.6 Å². The first-order valence-corrected chi connectivity index (χ1v) is 6.94. The first-order valence-electron chi connectivity index (χ1n) is 5.39. The van der Waals surface area contributed by atoms with Gasteiger partial charge in [0.1, 0.15) is 5.75 Å². The molecule has 0 aliphatic rings. The predicted molar refractivity (Wildman–Crippen MR) is 67.9 cm³/mol. The van der Waals surface area contributed by atoms with Gasteiger partial charge < -0.3 is 9.64 Å². The van der Waals surface area contributed by atoms with E-state index in [2.05, 4.69) is 0 Å². The van der Waals surface area contributed by atoms with Crippen molar-refractivity contribution in [3.05, 3.63) is 18.2 Å². The van der Waals surface area contributed by atoms with Gasteiger partial charge in [-0.05, 0) is 32.0 Å². The number of ether oxygens (including phenoxy) is 1. The number of nitrogens with zero attached hydrogens (tertiary/aromatic N) is 1. The van der Waals surface area contributed by atoms with Gasteiger partial charge in [0.05, 0.1) is 17.7 Å². The van der Waals surface area contributed by atoms with Gasteiger partial charge in [-0.1, -0.05) is 0 Å². The molecule has 0 saturated carbocycles. The molecule has 0 heterocycles. The molecule has 0 aliphatic carbocycles. The molecule has 2 N–H and O–H groups in total. The molecule has 0 spiro atoms. The van der Waals surface area contributed by atoms with Crippen LogP contribution in [0.2, 0.25) is 0 Å². The quantitative estimate of drug-likeness (QED) is 0.861. The van der Waals surface area contributed by atoms with Gasteiger partial charge in [0, 0.05) is 13.1 Å². The Kier molecular flexibility index (Phi) is 4.36. The number of methoxy groups -OCH3 is 1. The SMILES string of the molecule is CCN(CC)c1cc(S(N)(=O)=O)ccc1OC. The van der Waals surface area contributed by atoms with Crippen LogP contribution in [0.1, 0.15) is 13.8 Å². The second kappa shape index (κ2) is 5.37. The zero-order chi connectivity index (χ0) is 13.1. The summed E-state index contributed by atoms with van der Waals surface area (Å²) in [5, 5.41) is 5.11. The maximum Gasteiger partial charge on any atom is 0.238 e. The lowest BCUT2D eigenvalue weighted by Crippen LogP contribution is -2.23. The zero-order valence-electron chi connectivity index (χ0n) is 10.3. The Bertz CT molecular complexity index is 481. The third-order valence-electron chi connectivity index (χ3n) is 2.58. The summed E-state index contributed by atoms with van der Waals surface area (Å²) in [6, 6.07) is 4.61. The number of anilines is 1. The van der Waals surface area contributed by atoms with Crippen LogP contribution >= 0.6 is 0 Å². The molecule has 0 saturated heterocycles. The average molecular weight is 258 g/mol. The van der Waals surface area contributed by atoms with E-state index in [1.54, 1.807) is 19.2 Å². The van der Waals surface area contributed by atoms with Crippen LogP contribution in [0.4, 0.5) is 5.69 Å². The highest BCUT2D eigenvalue weighted by Crippen LogP contribution is 2.30. The molecule has 1 aromatic carbocycles. The molecule has 5 nitrogen and oxygen atoms in total. The van der Waals surface area contributed by atoms with E-state index in [1.165, 1.54) is 6.07 Å². The number of sulfonamides is 1. The zero-order valence-corrected chi connectivity index (χ0v) is 11.1. The number of primary sulfonamides is 1. The first kappa shape index (κ1) is 13.8. The van der Waals surface area contributed by atoms with Crippen LogP contribution in [0.3, 0.4) is 0 Å². The second-order valence-electron chi connectivity index (χ2n) is 3.55. The molecule has 96 valence electrons. The van der Waals surface area contributed by atoms with Crippen LogP contribution in [-0.4, -0.2) is 28.6 Å². The van der Waals surface area contributed by atoms with E-state index in [1.807, 2.05) is 18.7 Å². The van der Waals surface area contributed by atoms with Gasteiger partial charge in [-0.3, -0.25) is 0 Å². The molecule has 1 aromatic rings. The summed E-state index contributed by atoms with van der Waals surface area (Å²) in [5.41, 5.74) is 0.740. The Hall–Kier alpha value is -1.27. The number of hydrogen-bond donors (Lipinski definition) is 1. The summed E-state index contributed by atoms with van der Waals surface area (Å²) in [6.45, 7) is 5.51. The summed E-state index contributed by atoms with van der Waals surface area (Å²) in [7, 11) is -2.13. The van der Waals surface area contributed by atoms with Crippen molar-refractivity contribution in [1.82, 2.24) is 0 Å². The van der Waals surface area contributed by atoms with Crippen LogP contribution in [0.5, 0.6) is 5.75 Å². The fraction of sp³-hybridized carbons (Fsp3) is 0.455. The molecule has 1 rings (SSSR count). The molecule has 0 bridgehead atoms. The van der Waals surface area contributed by atoms with Crippen molar-refractivity contribution in [3.63, 3.8) is 0 Å². The van der Waals surface area contributed by atoms with Gasteiger partial charge in [-0.2, -0.15) is 0 Å². The van der Waals surface area contributed by atoms with Crippen molar-refractivity contribution in [2.75, 3.05) is 25.1 Å². The monoisotopic (exact) mass is 258 g/mol. The van der Waals surface area contributed by atoms with Gasteiger partial charge in [0.2, 0.25) is 10.0 Å². The maximum atomic E-state index is 11.3. The average Bonchev–Trinajstić information content (AvgIpc) is 2.29. The second-order valence-corrected chi connectivity index (χ2v) is 5.11. The third kappa shape index (κ3) is 3.10. The molecule has 0 atom stereocenters. The van der Waals surface area contributed by atoms with E-state index in [4.69, 9.17) is 9.88 Å². The molecule has 0 radical (unpaired) electrons. The minimum Gasteiger partial charge on any atom is -0.495 e. The minimum atomic E-state index is -3.68. The standard InChI is InChI=1S/C11H18N2O3S/c1-4-13(5-2)10-8-9(17(12,14)15)6-7-11(10)16-3/h6-8H,4-5H2,1-3H3,(H2,12,14,15). The molecule has 0 unspecified atom stereocenters. The van der Waals surface area contributed by atoms with Crippen LogP contribution in [0.25, 0.3) is 0 Å². The maximum absolute atomic E-state index is 11.3. The van der Waals surface area contributed by atoms with Gasteiger partial charge in [0.25, 0.3) is 0 Å². The van der Waals surface area contributed by atoms with Crippen molar-refractivity contribution in [2.45, 2.75) is 18.7 Å². The predicted octanol–water partition coefficient (Wildman–Crippen LogP) is 1.19. The van der Waals surface area contributed by atoms with E-state index in [0.717, 1.165) is 18.8 Å². The Morgan fingerprint density at radius 1 is 1.29 bits per heavy atom. The Morgan fingerprint density at radius 3 is 2.29 bits per heavy atom. The summed E-state index contributed by atoms with van der Waals surface area (Å²) >= 11 is 0. The van der Waals surface area contributed by atoms with Crippen molar-refractivity contribution >= 4 is 15.7 Å². The van der Waals surface area contributed by atoms with E-state index in [9.17, 15) is 8.42 Å². The summed E-state index contributed by atoms with van der Waals surface area (Å²) in [4.78, 5) is 2.10. The van der Waals surface area contributed by atoms with Gasteiger partial charge in [0.15, 0.2) is 0 Å². The summed E-state index contributed by atoms with van der Waals surface area (Å²) < 4.78 is 27.8. The summed E-state index contributed by atoms with van der Waals surface area (Å²) in [6.07, 6.45) is 0. The van der Waals surface area contributed by atoms with E-state index < -0.39 is 10.0 Å². The van der Waals surface area contributed by atoms with E-state index in [0.29, 0.717) is 5.75 Å². The van der Waals surface area contributed by atoms with Crippen molar-refractivity contribution in [2.24, 2.45) is 5.14 Å². The van der Waals surface area contributed by atoms with Crippen molar-refractivity contribution in [3.8, 4) is 5.75 Å². The van der Waals surface area contributed by atoms with Crippen LogP contribution < -0.4 is 14.8 Å². The Labute approximate surface area is 102 Å². The fourth-order valence-electron chi connectivity index (χ4n) is 1.66. The molecule has 0 aliphatic heterocycles. The van der Waals surface area contributed by atoms with Crippen LogP contribution in [0, 0.1) is 0 Å². The molecule has 6 heteroatoms. The molecule has 17 heavy (non-hydrogen) atoms. The highest BCUT2D eigenvalue weighted by Gasteiger charge is 2.14. The number of rotatable bonds is 5. The lowest BCUT2D eigenvalue weighted by atomic mass is 10.2. The molecule has 0 aromatic heterocycles. The van der Waals surface area contributed by atoms with Crippen molar-refractivity contribution in [1.29, 1.82) is 0 Å². The smallest absolute Gasteiger partial charge is 0.238 e. The van der Waals surface area contributed by atoms with Gasteiger partial charge in [-0.15, -0.1) is 0 Å². The lowest BCUT2D eigenvalue weighted by Gasteiger charge is -2.23. The fourth-order valence-corrected chi connectivity index (χ4v) is 2.19. The number of nitrogens with two attached hydrogens (primary N) is 1. The highest BCUT2D eigenvalue weighted by atomic mass is 32.2. The normalized spacial score (nSPS) is 11.3. The molecule has 0 amide bonds. The van der Waals surface area contributed by atoms with Crippen LogP contribution in [0.15, 0.2) is 23.1 Å². The largest absolute Gasteiger partial charge is 0.495 e. The lowest BCUT2D eigenvalue weighted by molar-refractivity contribution is 0.414. The van der Waals surface area contributed by atoms with Crippen molar-refractivity contribution < 1.29 is 13.2 Å².